The van der Waals surface area contributed by atoms with E-state index in [9.17, 15) is 5.11 Å². The molecular formula is C16H18N2O3. The lowest BCUT2D eigenvalue weighted by Gasteiger charge is -2.11. The van der Waals surface area contributed by atoms with Crippen LogP contribution in [0.25, 0.3) is 0 Å². The van der Waals surface area contributed by atoms with Crippen molar-refractivity contribution in [3.05, 3.63) is 42.0 Å². The van der Waals surface area contributed by atoms with Crippen LogP contribution in [0.1, 0.15) is 18.4 Å². The number of aliphatic hydroxyl groups is 1. The van der Waals surface area contributed by atoms with Gasteiger partial charge in [0.25, 0.3) is 0 Å². The highest BCUT2D eigenvalue weighted by Crippen LogP contribution is 2.32. The third-order valence-corrected chi connectivity index (χ3v) is 3.37. The van der Waals surface area contributed by atoms with E-state index >= 15 is 0 Å². The van der Waals surface area contributed by atoms with Gasteiger partial charge in [-0.25, -0.2) is 0 Å². The minimum Gasteiger partial charge on any atom is -0.476 e. The van der Waals surface area contributed by atoms with Crippen LogP contribution in [-0.2, 0) is 6.61 Å². The molecule has 0 spiro atoms. The molecule has 0 bridgehead atoms. The Kier molecular flexibility index (Phi) is 3.92. The SMILES string of the molecule is Nc1ccc(Oc2ccccc2CO)nc1OCC1CC1. The minimum atomic E-state index is -0.0871. The molecule has 2 aromatic rings. The van der Waals surface area contributed by atoms with Crippen molar-refractivity contribution in [3.63, 3.8) is 0 Å². The Bertz CT molecular complexity index is 627. The Labute approximate surface area is 123 Å². The van der Waals surface area contributed by atoms with Crippen LogP contribution in [0.5, 0.6) is 17.5 Å². The van der Waals surface area contributed by atoms with Crippen molar-refractivity contribution in [2.75, 3.05) is 12.3 Å². The maximum absolute atomic E-state index is 9.30. The van der Waals surface area contributed by atoms with Gasteiger partial charge in [0.15, 0.2) is 0 Å². The molecule has 1 aromatic heterocycles. The van der Waals surface area contributed by atoms with E-state index in [2.05, 4.69) is 4.98 Å². The highest BCUT2D eigenvalue weighted by Gasteiger charge is 2.22. The normalized spacial score (nSPS) is 14.0. The zero-order valence-corrected chi connectivity index (χ0v) is 11.7. The van der Waals surface area contributed by atoms with Crippen molar-refractivity contribution < 1.29 is 14.6 Å². The highest BCUT2D eigenvalue weighted by molar-refractivity contribution is 5.50. The van der Waals surface area contributed by atoms with Crippen molar-refractivity contribution in [2.24, 2.45) is 5.92 Å². The number of nitrogen functional groups attached to an aromatic ring is 1. The molecule has 0 unspecified atom stereocenters. The molecule has 3 rings (SSSR count). The number of rotatable bonds is 6. The Hall–Kier alpha value is -2.27. The number of hydrogen-bond donors (Lipinski definition) is 2. The smallest absolute Gasteiger partial charge is 0.240 e. The second-order valence-corrected chi connectivity index (χ2v) is 5.17. The fourth-order valence-corrected chi connectivity index (χ4v) is 1.93. The molecule has 0 radical (unpaired) electrons. The third-order valence-electron chi connectivity index (χ3n) is 3.37. The van der Waals surface area contributed by atoms with Crippen molar-refractivity contribution in [1.29, 1.82) is 0 Å². The number of aliphatic hydroxyl groups excluding tert-OH is 1. The second-order valence-electron chi connectivity index (χ2n) is 5.17. The molecule has 110 valence electrons. The fraction of sp³-hybridized carbons (Fsp3) is 0.312. The van der Waals surface area contributed by atoms with Gasteiger partial charge in [0.05, 0.1) is 18.9 Å². The predicted octanol–water partition coefficient (Wildman–Crippen LogP) is 2.74. The van der Waals surface area contributed by atoms with Crippen molar-refractivity contribution >= 4 is 5.69 Å². The molecule has 1 aromatic carbocycles. The van der Waals surface area contributed by atoms with E-state index in [0.29, 0.717) is 41.3 Å². The number of ether oxygens (including phenoxy) is 2. The van der Waals surface area contributed by atoms with Crippen LogP contribution in [-0.4, -0.2) is 16.7 Å². The maximum Gasteiger partial charge on any atom is 0.240 e. The summed E-state index contributed by atoms with van der Waals surface area (Å²) in [5.41, 5.74) is 7.07. The van der Waals surface area contributed by atoms with Gasteiger partial charge in [-0.15, -0.1) is 0 Å². The quantitative estimate of drug-likeness (QED) is 0.853. The molecule has 0 atom stereocenters. The first-order valence-electron chi connectivity index (χ1n) is 7.02. The predicted molar refractivity (Wildman–Crippen MR) is 79.3 cm³/mol. The van der Waals surface area contributed by atoms with E-state index in [-0.39, 0.29) is 6.61 Å². The Morgan fingerprint density at radius 1 is 1.19 bits per heavy atom. The van der Waals surface area contributed by atoms with E-state index in [1.54, 1.807) is 24.3 Å². The number of nitrogens with zero attached hydrogens (tertiary/aromatic N) is 1. The van der Waals surface area contributed by atoms with E-state index in [1.807, 2.05) is 12.1 Å². The fourth-order valence-electron chi connectivity index (χ4n) is 1.93. The van der Waals surface area contributed by atoms with Gasteiger partial charge in [0.2, 0.25) is 11.8 Å². The lowest BCUT2D eigenvalue weighted by atomic mass is 10.2. The van der Waals surface area contributed by atoms with E-state index in [0.717, 1.165) is 0 Å². The minimum absolute atomic E-state index is 0.0871. The molecule has 21 heavy (non-hydrogen) atoms. The largest absolute Gasteiger partial charge is 0.476 e. The number of para-hydroxylation sites is 1. The number of anilines is 1. The number of benzene rings is 1. The zero-order valence-electron chi connectivity index (χ0n) is 11.7. The summed E-state index contributed by atoms with van der Waals surface area (Å²) in [7, 11) is 0. The highest BCUT2D eigenvalue weighted by atomic mass is 16.5. The number of nitrogens with two attached hydrogens (primary N) is 1. The van der Waals surface area contributed by atoms with Crippen LogP contribution in [0.3, 0.4) is 0 Å². The third kappa shape index (κ3) is 3.44. The first-order chi connectivity index (χ1) is 10.3. The topological polar surface area (TPSA) is 77.6 Å². The van der Waals surface area contributed by atoms with Crippen LogP contribution < -0.4 is 15.2 Å². The molecule has 5 nitrogen and oxygen atoms in total. The van der Waals surface area contributed by atoms with Gasteiger partial charge in [0, 0.05) is 11.6 Å². The monoisotopic (exact) mass is 286 g/mol. The van der Waals surface area contributed by atoms with Gasteiger partial charge in [0.1, 0.15) is 5.75 Å². The molecule has 3 N–H and O–H groups in total. The molecular weight excluding hydrogens is 268 g/mol. The number of pyridine rings is 1. The summed E-state index contributed by atoms with van der Waals surface area (Å²) in [6.07, 6.45) is 2.42. The van der Waals surface area contributed by atoms with E-state index in [4.69, 9.17) is 15.2 Å². The van der Waals surface area contributed by atoms with Crippen molar-refractivity contribution in [2.45, 2.75) is 19.4 Å². The summed E-state index contributed by atoms with van der Waals surface area (Å²) in [6, 6.07) is 10.7. The van der Waals surface area contributed by atoms with Crippen LogP contribution in [0, 0.1) is 5.92 Å². The molecule has 1 saturated carbocycles. The Morgan fingerprint density at radius 3 is 2.76 bits per heavy atom. The molecule has 1 fully saturated rings. The van der Waals surface area contributed by atoms with Crippen molar-refractivity contribution in [3.8, 4) is 17.5 Å². The lowest BCUT2D eigenvalue weighted by Crippen LogP contribution is -2.04. The number of hydrogen-bond acceptors (Lipinski definition) is 5. The van der Waals surface area contributed by atoms with Gasteiger partial charge >= 0.3 is 0 Å². The van der Waals surface area contributed by atoms with Crippen LogP contribution in [0.2, 0.25) is 0 Å². The van der Waals surface area contributed by atoms with Gasteiger partial charge in [-0.05, 0) is 30.9 Å². The summed E-state index contributed by atoms with van der Waals surface area (Å²) in [5.74, 6) is 2.01. The average Bonchev–Trinajstić information content (AvgIpc) is 3.32. The lowest BCUT2D eigenvalue weighted by molar-refractivity contribution is 0.274. The molecule has 0 amide bonds. The molecule has 1 aliphatic rings. The van der Waals surface area contributed by atoms with Gasteiger partial charge in [-0.1, -0.05) is 18.2 Å². The maximum atomic E-state index is 9.30. The van der Waals surface area contributed by atoms with Gasteiger partial charge in [-0.2, -0.15) is 4.98 Å². The number of aromatic nitrogens is 1. The Balaban J connectivity index is 1.76. The molecule has 0 saturated heterocycles. The average molecular weight is 286 g/mol. The standard InChI is InChI=1S/C16H18N2O3/c17-13-7-8-15(18-16(13)20-10-11-5-6-11)21-14-4-2-1-3-12(14)9-19/h1-4,7-8,11,19H,5-6,9-10,17H2. The second kappa shape index (κ2) is 6.01. The van der Waals surface area contributed by atoms with E-state index < -0.39 is 0 Å². The summed E-state index contributed by atoms with van der Waals surface area (Å²) in [6.45, 7) is 0.560. The summed E-state index contributed by atoms with van der Waals surface area (Å²) in [4.78, 5) is 4.29. The van der Waals surface area contributed by atoms with Crippen molar-refractivity contribution in [1.82, 2.24) is 4.98 Å². The molecule has 1 aliphatic carbocycles. The summed E-state index contributed by atoms with van der Waals surface area (Å²) >= 11 is 0. The molecule has 5 heteroatoms. The molecule has 0 aliphatic heterocycles. The van der Waals surface area contributed by atoms with Crippen LogP contribution in [0.15, 0.2) is 36.4 Å². The zero-order chi connectivity index (χ0) is 14.7. The van der Waals surface area contributed by atoms with Gasteiger partial charge < -0.3 is 20.3 Å². The van der Waals surface area contributed by atoms with Crippen LogP contribution in [0.4, 0.5) is 5.69 Å². The van der Waals surface area contributed by atoms with Crippen LogP contribution >= 0.6 is 0 Å². The summed E-state index contributed by atoms with van der Waals surface area (Å²) < 4.78 is 11.3. The first-order valence-corrected chi connectivity index (χ1v) is 7.02. The molecule has 1 heterocycles. The van der Waals surface area contributed by atoms with E-state index in [1.165, 1.54) is 12.8 Å². The van der Waals surface area contributed by atoms with Gasteiger partial charge in [-0.3, -0.25) is 0 Å². The summed E-state index contributed by atoms with van der Waals surface area (Å²) in [5, 5.41) is 9.30. The first kappa shape index (κ1) is 13.7. The Morgan fingerprint density at radius 2 is 2.00 bits per heavy atom.